The molecule has 4 aromatic heterocycles. The molecular formula is C16H12ClN5OS. The second-order valence-corrected chi connectivity index (χ2v) is 5.87. The first-order valence-corrected chi connectivity index (χ1v) is 7.78. The van der Waals surface area contributed by atoms with Gasteiger partial charge in [-0.05, 0) is 12.1 Å². The molecule has 0 aliphatic rings. The van der Waals surface area contributed by atoms with Crippen molar-refractivity contribution in [3.8, 4) is 22.4 Å². The van der Waals surface area contributed by atoms with Gasteiger partial charge in [0, 0.05) is 53.9 Å². The zero-order valence-corrected chi connectivity index (χ0v) is 14.2. The summed E-state index contributed by atoms with van der Waals surface area (Å²) in [6, 6.07) is 3.77. The van der Waals surface area contributed by atoms with Gasteiger partial charge in [-0.3, -0.25) is 9.78 Å². The van der Waals surface area contributed by atoms with Gasteiger partial charge in [0.15, 0.2) is 0 Å². The Labute approximate surface area is 147 Å². The summed E-state index contributed by atoms with van der Waals surface area (Å²) in [7, 11) is 1.66. The van der Waals surface area contributed by atoms with E-state index in [-0.39, 0.29) is 18.0 Å². The van der Waals surface area contributed by atoms with Gasteiger partial charge in [0.2, 0.25) is 0 Å². The number of nitrogens with zero attached hydrogens (tertiary/aromatic N) is 5. The van der Waals surface area contributed by atoms with E-state index in [1.54, 1.807) is 31.8 Å². The molecule has 4 heterocycles. The fourth-order valence-electron chi connectivity index (χ4n) is 2.50. The number of thiophene rings is 1. The lowest BCUT2D eigenvalue weighted by molar-refractivity contribution is 0.723. The molecule has 0 aromatic carbocycles. The van der Waals surface area contributed by atoms with Crippen LogP contribution in [0.4, 0.5) is 0 Å². The van der Waals surface area contributed by atoms with E-state index < -0.39 is 0 Å². The number of fused-ring (bicyclic) bond motifs is 1. The summed E-state index contributed by atoms with van der Waals surface area (Å²) in [5.74, 6) is 0. The van der Waals surface area contributed by atoms with Gasteiger partial charge >= 0.3 is 0 Å². The van der Waals surface area contributed by atoms with Crippen LogP contribution in [-0.4, -0.2) is 24.7 Å². The van der Waals surface area contributed by atoms with Gasteiger partial charge in [-0.15, -0.1) is 23.7 Å². The molecule has 0 aliphatic carbocycles. The van der Waals surface area contributed by atoms with E-state index >= 15 is 0 Å². The summed E-state index contributed by atoms with van der Waals surface area (Å²) in [5, 5.41) is 7.04. The van der Waals surface area contributed by atoms with Gasteiger partial charge in [-0.25, -0.2) is 14.6 Å². The summed E-state index contributed by atoms with van der Waals surface area (Å²) in [6.45, 7) is 0. The standard InChI is InChI=1S/C16H11N5OS.ClH/c1-21-16(22)13-12(11-6-18-9-19-7-11)8-23-15(13)14(20-21)10-2-4-17-5-3-10;/h2-9H,1H3;1H. The molecule has 0 amide bonds. The lowest BCUT2D eigenvalue weighted by Crippen LogP contribution is -2.20. The van der Waals surface area contributed by atoms with Crippen LogP contribution in [0.5, 0.6) is 0 Å². The van der Waals surface area contributed by atoms with E-state index in [1.807, 2.05) is 17.5 Å². The third kappa shape index (κ3) is 2.57. The highest BCUT2D eigenvalue weighted by molar-refractivity contribution is 7.18. The highest BCUT2D eigenvalue weighted by Crippen LogP contribution is 2.35. The second-order valence-electron chi connectivity index (χ2n) is 4.99. The van der Waals surface area contributed by atoms with Gasteiger partial charge in [-0.1, -0.05) is 0 Å². The van der Waals surface area contributed by atoms with Crippen LogP contribution in [0.1, 0.15) is 0 Å². The van der Waals surface area contributed by atoms with Gasteiger partial charge in [0.25, 0.3) is 5.56 Å². The number of aryl methyl sites for hydroxylation is 1. The van der Waals surface area contributed by atoms with E-state index in [0.717, 1.165) is 27.1 Å². The second kappa shape index (κ2) is 6.46. The maximum Gasteiger partial charge on any atom is 0.275 e. The molecule has 24 heavy (non-hydrogen) atoms. The van der Waals surface area contributed by atoms with Crippen molar-refractivity contribution >= 4 is 33.8 Å². The topological polar surface area (TPSA) is 73.6 Å². The Morgan fingerprint density at radius 1 is 1.04 bits per heavy atom. The van der Waals surface area contributed by atoms with E-state index in [9.17, 15) is 4.79 Å². The molecule has 4 aromatic rings. The maximum absolute atomic E-state index is 12.6. The molecular weight excluding hydrogens is 346 g/mol. The van der Waals surface area contributed by atoms with Gasteiger partial charge in [0.05, 0.1) is 10.1 Å². The van der Waals surface area contributed by atoms with Crippen LogP contribution in [0.3, 0.4) is 0 Å². The minimum Gasteiger partial charge on any atom is -0.267 e. The summed E-state index contributed by atoms with van der Waals surface area (Å²) in [5.41, 5.74) is 3.24. The number of pyridine rings is 1. The smallest absolute Gasteiger partial charge is 0.267 e. The third-order valence-corrected chi connectivity index (χ3v) is 4.58. The summed E-state index contributed by atoms with van der Waals surface area (Å²) < 4.78 is 2.23. The van der Waals surface area contributed by atoms with Gasteiger partial charge in [-0.2, -0.15) is 5.10 Å². The van der Waals surface area contributed by atoms with Gasteiger partial charge < -0.3 is 0 Å². The van der Waals surface area contributed by atoms with E-state index in [4.69, 9.17) is 0 Å². The van der Waals surface area contributed by atoms with Crippen LogP contribution >= 0.6 is 23.7 Å². The molecule has 0 aliphatic heterocycles. The predicted octanol–water partition coefficient (Wildman–Crippen LogP) is 2.94. The molecule has 8 heteroatoms. The Hall–Kier alpha value is -2.64. The first-order chi connectivity index (χ1) is 11.3. The number of hydrogen-bond donors (Lipinski definition) is 0. The minimum atomic E-state index is -0.127. The van der Waals surface area contributed by atoms with Crippen LogP contribution in [-0.2, 0) is 7.05 Å². The number of aromatic nitrogens is 5. The molecule has 0 bridgehead atoms. The quantitative estimate of drug-likeness (QED) is 0.551. The highest BCUT2D eigenvalue weighted by atomic mass is 35.5. The van der Waals surface area contributed by atoms with Crippen molar-refractivity contribution in [2.75, 3.05) is 0 Å². The fourth-order valence-corrected chi connectivity index (χ4v) is 3.57. The fraction of sp³-hybridized carbons (Fsp3) is 0.0625. The Balaban J connectivity index is 0.00000169. The van der Waals surface area contributed by atoms with Crippen LogP contribution in [0, 0.1) is 0 Å². The predicted molar refractivity (Wildman–Crippen MR) is 96.4 cm³/mol. The molecule has 0 fully saturated rings. The average Bonchev–Trinajstić information content (AvgIpc) is 3.05. The monoisotopic (exact) mass is 357 g/mol. The number of hydrogen-bond acceptors (Lipinski definition) is 6. The molecule has 0 spiro atoms. The van der Waals surface area contributed by atoms with Crippen molar-refractivity contribution < 1.29 is 0 Å². The zero-order chi connectivity index (χ0) is 15.8. The van der Waals surface area contributed by atoms with Crippen LogP contribution in [0.15, 0.2) is 53.4 Å². The number of rotatable bonds is 2. The summed E-state index contributed by atoms with van der Waals surface area (Å²) >= 11 is 1.50. The molecule has 0 atom stereocenters. The van der Waals surface area contributed by atoms with Crippen LogP contribution in [0.2, 0.25) is 0 Å². The first-order valence-electron chi connectivity index (χ1n) is 6.90. The largest absolute Gasteiger partial charge is 0.275 e. The van der Waals surface area contributed by atoms with Crippen molar-refractivity contribution in [1.82, 2.24) is 24.7 Å². The van der Waals surface area contributed by atoms with Crippen molar-refractivity contribution in [3.05, 3.63) is 59.0 Å². The molecule has 6 nitrogen and oxygen atoms in total. The lowest BCUT2D eigenvalue weighted by Gasteiger charge is -2.06. The van der Waals surface area contributed by atoms with Gasteiger partial charge in [0.1, 0.15) is 12.0 Å². The van der Waals surface area contributed by atoms with E-state index in [1.165, 1.54) is 22.3 Å². The molecule has 0 radical (unpaired) electrons. The van der Waals surface area contributed by atoms with Crippen molar-refractivity contribution in [2.45, 2.75) is 0 Å². The van der Waals surface area contributed by atoms with Crippen molar-refractivity contribution in [3.63, 3.8) is 0 Å². The average molecular weight is 358 g/mol. The molecule has 0 saturated carbocycles. The minimum absolute atomic E-state index is 0. The van der Waals surface area contributed by atoms with E-state index in [2.05, 4.69) is 20.1 Å². The Morgan fingerprint density at radius 2 is 1.75 bits per heavy atom. The number of halogens is 1. The maximum atomic E-state index is 12.6. The Morgan fingerprint density at radius 3 is 2.46 bits per heavy atom. The molecule has 0 unspecified atom stereocenters. The molecule has 0 saturated heterocycles. The third-order valence-electron chi connectivity index (χ3n) is 3.59. The molecule has 0 N–H and O–H groups in total. The van der Waals surface area contributed by atoms with Crippen molar-refractivity contribution in [2.24, 2.45) is 7.05 Å². The van der Waals surface area contributed by atoms with Crippen molar-refractivity contribution in [1.29, 1.82) is 0 Å². The highest BCUT2D eigenvalue weighted by Gasteiger charge is 2.17. The SMILES string of the molecule is Cl.Cn1nc(-c2ccncc2)c2scc(-c3cncnc3)c2c1=O. The summed E-state index contributed by atoms with van der Waals surface area (Å²) in [6.07, 6.45) is 8.32. The zero-order valence-electron chi connectivity index (χ0n) is 12.6. The normalized spacial score (nSPS) is 10.5. The lowest BCUT2D eigenvalue weighted by atomic mass is 10.1. The first kappa shape index (κ1) is 16.2. The summed E-state index contributed by atoms with van der Waals surface area (Å²) in [4.78, 5) is 24.7. The molecule has 120 valence electrons. The Kier molecular flexibility index (Phi) is 4.37. The Bertz CT molecular complexity index is 1050. The molecule has 4 rings (SSSR count). The van der Waals surface area contributed by atoms with E-state index in [0.29, 0.717) is 5.39 Å². The van der Waals surface area contributed by atoms with Crippen LogP contribution in [0.25, 0.3) is 32.5 Å². The van der Waals surface area contributed by atoms with Crippen LogP contribution < -0.4 is 5.56 Å².